The van der Waals surface area contributed by atoms with Crippen molar-refractivity contribution in [3.05, 3.63) is 45.9 Å². The predicted molar refractivity (Wildman–Crippen MR) is 110 cm³/mol. The molecule has 1 atom stereocenters. The number of nitrogens with zero attached hydrogens (tertiary/aromatic N) is 3. The highest BCUT2D eigenvalue weighted by atomic mass is 32.1. The van der Waals surface area contributed by atoms with E-state index in [1.807, 2.05) is 12.1 Å². The number of ether oxygens (including phenoxy) is 3. The molecule has 1 aromatic heterocycles. The van der Waals surface area contributed by atoms with Crippen molar-refractivity contribution < 1.29 is 14.2 Å². The van der Waals surface area contributed by atoms with Crippen LogP contribution in [-0.4, -0.2) is 73.5 Å². The molecule has 1 aromatic carbocycles. The third kappa shape index (κ3) is 4.90. The summed E-state index contributed by atoms with van der Waals surface area (Å²) in [5, 5.41) is 3.28. The SMILES string of the molecule is COc1ccc(CN2CCO[C@]3(COCCN(Cc4csc(C)n4)C3)C2)cc1. The van der Waals surface area contributed by atoms with Gasteiger partial charge in [0.1, 0.15) is 11.4 Å². The summed E-state index contributed by atoms with van der Waals surface area (Å²) in [5.74, 6) is 0.896. The number of hydrogen-bond donors (Lipinski definition) is 0. The third-order valence-electron chi connectivity index (χ3n) is 5.37. The van der Waals surface area contributed by atoms with Crippen LogP contribution >= 0.6 is 11.3 Å². The van der Waals surface area contributed by atoms with Gasteiger partial charge in [-0.25, -0.2) is 4.98 Å². The Morgan fingerprint density at radius 2 is 1.86 bits per heavy atom. The molecule has 0 amide bonds. The fourth-order valence-corrected chi connectivity index (χ4v) is 4.66. The number of hydrogen-bond acceptors (Lipinski definition) is 7. The summed E-state index contributed by atoms with van der Waals surface area (Å²) in [6.45, 7) is 9.59. The number of morpholine rings is 1. The standard InChI is InChI=1S/C21H29N3O3S/c1-17-22-19(13-28-17)12-24-7-9-26-16-21(15-24)14-23(8-10-27-21)11-18-3-5-20(25-2)6-4-18/h3-6,13H,7-12,14-16H2,1-2H3/t21-/m1/s1. The van der Waals surface area contributed by atoms with Gasteiger partial charge in [0.25, 0.3) is 0 Å². The normalized spacial score (nSPS) is 24.4. The van der Waals surface area contributed by atoms with E-state index in [-0.39, 0.29) is 5.60 Å². The first-order chi connectivity index (χ1) is 13.6. The second-order valence-electron chi connectivity index (χ2n) is 7.71. The van der Waals surface area contributed by atoms with Crippen LogP contribution in [-0.2, 0) is 22.6 Å². The maximum Gasteiger partial charge on any atom is 0.118 e. The maximum absolute atomic E-state index is 6.32. The lowest BCUT2D eigenvalue weighted by Crippen LogP contribution is -2.58. The summed E-state index contributed by atoms with van der Waals surface area (Å²) in [4.78, 5) is 9.53. The van der Waals surface area contributed by atoms with Crippen molar-refractivity contribution in [1.29, 1.82) is 0 Å². The lowest BCUT2D eigenvalue weighted by molar-refractivity contribution is -0.143. The Bertz CT molecular complexity index is 767. The van der Waals surface area contributed by atoms with E-state index < -0.39 is 0 Å². The molecule has 0 saturated carbocycles. The minimum Gasteiger partial charge on any atom is -0.497 e. The van der Waals surface area contributed by atoms with Gasteiger partial charge in [0.15, 0.2) is 0 Å². The molecule has 6 nitrogen and oxygen atoms in total. The molecule has 2 aliphatic rings. The number of aromatic nitrogens is 1. The largest absolute Gasteiger partial charge is 0.497 e. The quantitative estimate of drug-likeness (QED) is 0.765. The van der Waals surface area contributed by atoms with Crippen molar-refractivity contribution in [1.82, 2.24) is 14.8 Å². The lowest BCUT2D eigenvalue weighted by Gasteiger charge is -2.43. The van der Waals surface area contributed by atoms with E-state index in [2.05, 4.69) is 39.2 Å². The van der Waals surface area contributed by atoms with Crippen LogP contribution in [0, 0.1) is 6.92 Å². The van der Waals surface area contributed by atoms with Gasteiger partial charge in [-0.3, -0.25) is 9.80 Å². The highest BCUT2D eigenvalue weighted by Gasteiger charge is 2.40. The van der Waals surface area contributed by atoms with Crippen LogP contribution in [0.25, 0.3) is 0 Å². The molecule has 2 fully saturated rings. The lowest BCUT2D eigenvalue weighted by atomic mass is 10.0. The number of benzene rings is 1. The van der Waals surface area contributed by atoms with Crippen LogP contribution in [0.3, 0.4) is 0 Å². The minimum absolute atomic E-state index is 0.272. The molecule has 28 heavy (non-hydrogen) atoms. The molecule has 3 heterocycles. The molecule has 0 unspecified atom stereocenters. The zero-order chi connectivity index (χ0) is 19.4. The molecule has 0 bridgehead atoms. The second-order valence-corrected chi connectivity index (χ2v) is 8.77. The van der Waals surface area contributed by atoms with Crippen molar-refractivity contribution in [3.63, 3.8) is 0 Å². The second kappa shape index (κ2) is 8.88. The average molecular weight is 404 g/mol. The maximum atomic E-state index is 6.32. The fourth-order valence-electron chi connectivity index (χ4n) is 4.06. The Kier molecular flexibility index (Phi) is 6.28. The molecule has 0 N–H and O–H groups in total. The minimum atomic E-state index is -0.272. The van der Waals surface area contributed by atoms with Crippen LogP contribution in [0.5, 0.6) is 5.75 Å². The summed E-state index contributed by atoms with van der Waals surface area (Å²) >= 11 is 1.71. The Morgan fingerprint density at radius 3 is 2.57 bits per heavy atom. The van der Waals surface area contributed by atoms with Crippen LogP contribution in [0.1, 0.15) is 16.3 Å². The van der Waals surface area contributed by atoms with Gasteiger partial charge in [0.2, 0.25) is 0 Å². The number of rotatable bonds is 5. The topological polar surface area (TPSA) is 47.1 Å². The van der Waals surface area contributed by atoms with Crippen LogP contribution in [0.15, 0.2) is 29.6 Å². The van der Waals surface area contributed by atoms with Crippen molar-refractivity contribution in [2.45, 2.75) is 25.6 Å². The first-order valence-electron chi connectivity index (χ1n) is 9.84. The van der Waals surface area contributed by atoms with Crippen molar-refractivity contribution in [2.75, 3.05) is 53.1 Å². The average Bonchev–Trinajstić information content (AvgIpc) is 3.00. The van der Waals surface area contributed by atoms with E-state index in [4.69, 9.17) is 14.2 Å². The summed E-state index contributed by atoms with van der Waals surface area (Å²) in [5.41, 5.74) is 2.17. The predicted octanol–water partition coefficient (Wildman–Crippen LogP) is 2.56. The Balaban J connectivity index is 1.41. The zero-order valence-electron chi connectivity index (χ0n) is 16.7. The summed E-state index contributed by atoms with van der Waals surface area (Å²) in [6, 6.07) is 8.33. The van der Waals surface area contributed by atoms with Gasteiger partial charge in [-0.05, 0) is 24.6 Å². The molecule has 4 rings (SSSR count). The monoisotopic (exact) mass is 403 g/mol. The number of aryl methyl sites for hydroxylation is 1. The smallest absolute Gasteiger partial charge is 0.118 e. The molecule has 2 aliphatic heterocycles. The van der Waals surface area contributed by atoms with Gasteiger partial charge < -0.3 is 14.2 Å². The molecule has 0 radical (unpaired) electrons. The first kappa shape index (κ1) is 19.8. The zero-order valence-corrected chi connectivity index (χ0v) is 17.5. The molecule has 7 heteroatoms. The van der Waals surface area contributed by atoms with Crippen molar-refractivity contribution >= 4 is 11.3 Å². The number of thiazole rings is 1. The molecular weight excluding hydrogens is 374 g/mol. The van der Waals surface area contributed by atoms with E-state index in [1.165, 1.54) is 5.56 Å². The Morgan fingerprint density at radius 1 is 1.11 bits per heavy atom. The molecule has 2 aromatic rings. The van der Waals surface area contributed by atoms with Crippen LogP contribution < -0.4 is 4.74 Å². The van der Waals surface area contributed by atoms with Crippen molar-refractivity contribution in [2.24, 2.45) is 0 Å². The molecule has 1 spiro atoms. The molecule has 152 valence electrons. The van der Waals surface area contributed by atoms with Crippen LogP contribution in [0.4, 0.5) is 0 Å². The first-order valence-corrected chi connectivity index (χ1v) is 10.7. The summed E-state index contributed by atoms with van der Waals surface area (Å²) < 4.78 is 17.5. The van der Waals surface area contributed by atoms with E-state index in [0.717, 1.165) is 68.9 Å². The van der Waals surface area contributed by atoms with Gasteiger partial charge in [-0.1, -0.05) is 12.1 Å². The number of methoxy groups -OCH3 is 1. The third-order valence-corrected chi connectivity index (χ3v) is 6.20. The van der Waals surface area contributed by atoms with E-state index in [1.54, 1.807) is 18.4 Å². The molecule has 0 aliphatic carbocycles. The van der Waals surface area contributed by atoms with Crippen molar-refractivity contribution in [3.8, 4) is 5.75 Å². The highest BCUT2D eigenvalue weighted by molar-refractivity contribution is 7.09. The Hall–Kier alpha value is -1.51. The fraction of sp³-hybridized carbons (Fsp3) is 0.571. The van der Waals surface area contributed by atoms with E-state index >= 15 is 0 Å². The van der Waals surface area contributed by atoms with E-state index in [0.29, 0.717) is 6.61 Å². The molecular formula is C21H29N3O3S. The summed E-state index contributed by atoms with van der Waals surface area (Å²) in [6.07, 6.45) is 0. The van der Waals surface area contributed by atoms with Gasteiger partial charge in [0, 0.05) is 44.6 Å². The van der Waals surface area contributed by atoms with Gasteiger partial charge >= 0.3 is 0 Å². The van der Waals surface area contributed by atoms with E-state index in [9.17, 15) is 0 Å². The summed E-state index contributed by atoms with van der Waals surface area (Å²) in [7, 11) is 1.70. The van der Waals surface area contributed by atoms with Gasteiger partial charge in [0.05, 0.1) is 37.6 Å². The highest BCUT2D eigenvalue weighted by Crippen LogP contribution is 2.25. The Labute approximate surface area is 171 Å². The van der Waals surface area contributed by atoms with Gasteiger partial charge in [-0.15, -0.1) is 11.3 Å². The van der Waals surface area contributed by atoms with Crippen LogP contribution in [0.2, 0.25) is 0 Å². The van der Waals surface area contributed by atoms with Gasteiger partial charge in [-0.2, -0.15) is 0 Å². The molecule has 2 saturated heterocycles.